The monoisotopic (exact) mass is 183 g/mol. The summed E-state index contributed by atoms with van der Waals surface area (Å²) in [5, 5.41) is 9.29. The van der Waals surface area contributed by atoms with Gasteiger partial charge in [0.05, 0.1) is 0 Å². The highest BCUT2D eigenvalue weighted by Gasteiger charge is 2.06. The lowest BCUT2D eigenvalue weighted by molar-refractivity contribution is 0.424. The second-order valence-corrected chi connectivity index (χ2v) is 3.26. The maximum absolute atomic E-state index is 12.8. The molecule has 0 aliphatic heterocycles. The van der Waals surface area contributed by atoms with E-state index in [2.05, 4.69) is 0 Å². The molecule has 0 amide bonds. The molecule has 1 aromatic rings. The third-order valence-electron chi connectivity index (χ3n) is 1.94. The van der Waals surface area contributed by atoms with E-state index in [1.165, 1.54) is 6.07 Å². The highest BCUT2D eigenvalue weighted by Crippen LogP contribution is 2.21. The van der Waals surface area contributed by atoms with E-state index in [1.54, 1.807) is 12.1 Å². The normalized spacial score (nSPS) is 12.8. The van der Waals surface area contributed by atoms with E-state index in [0.29, 0.717) is 12.0 Å². The Kier molecular flexibility index (Phi) is 3.25. The van der Waals surface area contributed by atoms with Crippen LogP contribution in [0.15, 0.2) is 18.2 Å². The van der Waals surface area contributed by atoms with E-state index in [9.17, 15) is 9.50 Å². The molecule has 0 radical (unpaired) electrons. The van der Waals surface area contributed by atoms with Crippen LogP contribution in [0.1, 0.15) is 18.9 Å². The second-order valence-electron chi connectivity index (χ2n) is 3.26. The topological polar surface area (TPSA) is 46.2 Å². The highest BCUT2D eigenvalue weighted by atomic mass is 19.1. The SMILES string of the molecule is C[C@H](N)CCc1cccc(F)c1O. The molecule has 3 N–H and O–H groups in total. The van der Waals surface area contributed by atoms with Crippen molar-refractivity contribution >= 4 is 0 Å². The first-order valence-corrected chi connectivity index (χ1v) is 4.33. The van der Waals surface area contributed by atoms with Gasteiger partial charge in [0.15, 0.2) is 11.6 Å². The molecule has 1 rings (SSSR count). The number of aromatic hydroxyl groups is 1. The molecular weight excluding hydrogens is 169 g/mol. The molecule has 0 aliphatic carbocycles. The first kappa shape index (κ1) is 9.99. The average molecular weight is 183 g/mol. The van der Waals surface area contributed by atoms with Crippen LogP contribution in [0.2, 0.25) is 0 Å². The average Bonchev–Trinajstić information content (AvgIpc) is 2.07. The number of aryl methyl sites for hydroxylation is 1. The van der Waals surface area contributed by atoms with Gasteiger partial charge in [-0.25, -0.2) is 4.39 Å². The first-order valence-electron chi connectivity index (χ1n) is 4.33. The summed E-state index contributed by atoms with van der Waals surface area (Å²) in [6.07, 6.45) is 1.36. The smallest absolute Gasteiger partial charge is 0.165 e. The van der Waals surface area contributed by atoms with Crippen molar-refractivity contribution in [2.45, 2.75) is 25.8 Å². The zero-order valence-corrected chi connectivity index (χ0v) is 7.63. The minimum absolute atomic E-state index is 0.0719. The van der Waals surface area contributed by atoms with Crippen molar-refractivity contribution in [1.29, 1.82) is 0 Å². The molecule has 2 nitrogen and oxygen atoms in total. The molecule has 1 aromatic carbocycles. The summed E-state index contributed by atoms with van der Waals surface area (Å²) in [5.41, 5.74) is 6.18. The van der Waals surface area contributed by atoms with Crippen LogP contribution in [-0.2, 0) is 6.42 Å². The zero-order chi connectivity index (χ0) is 9.84. The molecule has 72 valence electrons. The Morgan fingerprint density at radius 3 is 2.85 bits per heavy atom. The van der Waals surface area contributed by atoms with Crippen molar-refractivity contribution in [3.63, 3.8) is 0 Å². The van der Waals surface area contributed by atoms with Gasteiger partial charge in [-0.15, -0.1) is 0 Å². The first-order chi connectivity index (χ1) is 6.11. The fourth-order valence-corrected chi connectivity index (χ4v) is 1.14. The number of para-hydroxylation sites is 1. The van der Waals surface area contributed by atoms with E-state index >= 15 is 0 Å². The van der Waals surface area contributed by atoms with Crippen molar-refractivity contribution in [3.8, 4) is 5.75 Å². The summed E-state index contributed by atoms with van der Waals surface area (Å²) < 4.78 is 12.8. The van der Waals surface area contributed by atoms with Crippen LogP contribution in [0.5, 0.6) is 5.75 Å². The van der Waals surface area contributed by atoms with Gasteiger partial charge in [-0.05, 0) is 31.4 Å². The molecule has 0 spiro atoms. The number of phenolic OH excluding ortho intramolecular Hbond substituents is 1. The molecule has 1 atom stereocenters. The Labute approximate surface area is 77.2 Å². The molecule has 0 saturated carbocycles. The van der Waals surface area contributed by atoms with Crippen LogP contribution in [-0.4, -0.2) is 11.1 Å². The van der Waals surface area contributed by atoms with Crippen LogP contribution in [0.25, 0.3) is 0 Å². The summed E-state index contributed by atoms with van der Waals surface area (Å²) in [6.45, 7) is 1.89. The maximum atomic E-state index is 12.8. The van der Waals surface area contributed by atoms with Crippen LogP contribution in [0, 0.1) is 5.82 Å². The molecule has 0 aliphatic rings. The third-order valence-corrected chi connectivity index (χ3v) is 1.94. The molecule has 0 heterocycles. The summed E-state index contributed by atoms with van der Waals surface area (Å²) in [7, 11) is 0. The predicted molar refractivity (Wildman–Crippen MR) is 50.0 cm³/mol. The van der Waals surface area contributed by atoms with Gasteiger partial charge in [0.2, 0.25) is 0 Å². The lowest BCUT2D eigenvalue weighted by atomic mass is 10.1. The largest absolute Gasteiger partial charge is 0.505 e. The van der Waals surface area contributed by atoms with Crippen molar-refractivity contribution in [2.24, 2.45) is 5.73 Å². The van der Waals surface area contributed by atoms with Crippen LogP contribution < -0.4 is 5.73 Å². The molecule has 0 unspecified atom stereocenters. The molecule has 0 aromatic heterocycles. The molecule has 13 heavy (non-hydrogen) atoms. The van der Waals surface area contributed by atoms with E-state index < -0.39 is 5.82 Å². The lowest BCUT2D eigenvalue weighted by Crippen LogP contribution is -2.15. The fraction of sp³-hybridized carbons (Fsp3) is 0.400. The molecule has 0 fully saturated rings. The summed E-state index contributed by atoms with van der Waals surface area (Å²) in [6, 6.07) is 4.61. The molecule has 0 bridgehead atoms. The van der Waals surface area contributed by atoms with Crippen molar-refractivity contribution in [1.82, 2.24) is 0 Å². The quantitative estimate of drug-likeness (QED) is 0.750. The van der Waals surface area contributed by atoms with Gasteiger partial charge in [0.25, 0.3) is 0 Å². The lowest BCUT2D eigenvalue weighted by Gasteiger charge is -2.06. The van der Waals surface area contributed by atoms with Gasteiger partial charge in [0, 0.05) is 6.04 Å². The Bertz CT molecular complexity index is 286. The van der Waals surface area contributed by atoms with Crippen molar-refractivity contribution in [2.75, 3.05) is 0 Å². The Balaban J connectivity index is 2.71. The summed E-state index contributed by atoms with van der Waals surface area (Å²) >= 11 is 0. The van der Waals surface area contributed by atoms with E-state index in [4.69, 9.17) is 5.73 Å². The molecular formula is C10H14FNO. The van der Waals surface area contributed by atoms with E-state index in [1.807, 2.05) is 6.92 Å². The van der Waals surface area contributed by atoms with Crippen LogP contribution >= 0.6 is 0 Å². The Morgan fingerprint density at radius 2 is 2.23 bits per heavy atom. The number of rotatable bonds is 3. The van der Waals surface area contributed by atoms with Crippen molar-refractivity contribution in [3.05, 3.63) is 29.6 Å². The number of halogens is 1. The highest BCUT2D eigenvalue weighted by molar-refractivity contribution is 5.33. The van der Waals surface area contributed by atoms with Gasteiger partial charge in [0.1, 0.15) is 0 Å². The van der Waals surface area contributed by atoms with Crippen LogP contribution in [0.4, 0.5) is 4.39 Å². The fourth-order valence-electron chi connectivity index (χ4n) is 1.14. The number of hydrogen-bond acceptors (Lipinski definition) is 2. The number of nitrogens with two attached hydrogens (primary N) is 1. The van der Waals surface area contributed by atoms with E-state index in [-0.39, 0.29) is 11.8 Å². The Morgan fingerprint density at radius 1 is 1.54 bits per heavy atom. The minimum Gasteiger partial charge on any atom is -0.505 e. The third kappa shape index (κ3) is 2.70. The maximum Gasteiger partial charge on any atom is 0.165 e. The zero-order valence-electron chi connectivity index (χ0n) is 7.63. The van der Waals surface area contributed by atoms with Gasteiger partial charge in [-0.3, -0.25) is 0 Å². The molecule has 3 heteroatoms. The standard InChI is InChI=1S/C10H14FNO/c1-7(12)5-6-8-3-2-4-9(11)10(8)13/h2-4,7,13H,5-6,12H2,1H3/t7-/m0/s1. The number of hydrogen-bond donors (Lipinski definition) is 2. The molecule has 0 saturated heterocycles. The van der Waals surface area contributed by atoms with Gasteiger partial charge < -0.3 is 10.8 Å². The van der Waals surface area contributed by atoms with Gasteiger partial charge in [-0.1, -0.05) is 12.1 Å². The predicted octanol–water partition coefficient (Wildman–Crippen LogP) is 1.81. The number of phenols is 1. The summed E-state index contributed by atoms with van der Waals surface area (Å²) in [5.74, 6) is -0.815. The summed E-state index contributed by atoms with van der Waals surface area (Å²) in [4.78, 5) is 0. The Hall–Kier alpha value is -1.09. The van der Waals surface area contributed by atoms with Gasteiger partial charge >= 0.3 is 0 Å². The van der Waals surface area contributed by atoms with Gasteiger partial charge in [-0.2, -0.15) is 0 Å². The second kappa shape index (κ2) is 4.23. The van der Waals surface area contributed by atoms with E-state index in [0.717, 1.165) is 6.42 Å². The van der Waals surface area contributed by atoms with Crippen molar-refractivity contribution < 1.29 is 9.50 Å². The van der Waals surface area contributed by atoms with Crippen LogP contribution in [0.3, 0.4) is 0 Å². The number of benzene rings is 1. The minimum atomic E-state index is -0.567.